The van der Waals surface area contributed by atoms with Gasteiger partial charge in [0, 0.05) is 17.0 Å². The van der Waals surface area contributed by atoms with Gasteiger partial charge in [-0.3, -0.25) is 4.90 Å². The predicted octanol–water partition coefficient (Wildman–Crippen LogP) is 4.26. The van der Waals surface area contributed by atoms with E-state index in [1.54, 1.807) is 15.5 Å². The standard InChI is InChI=1S/C19H28IN5O3/c1-13(10-20)11-24(18(26)28-19(2,3)4)15-9-16(27-14-7-5-6-8-14)23-25-12-21-22-17(15)25/h9,12-14H,5-8,10-11H2,1-4H3. The Bertz CT molecular complexity index is 813. The lowest BCUT2D eigenvalue weighted by Gasteiger charge is -2.29. The molecule has 0 saturated heterocycles. The van der Waals surface area contributed by atoms with E-state index in [1.807, 2.05) is 20.8 Å². The van der Waals surface area contributed by atoms with Crippen LogP contribution >= 0.6 is 22.6 Å². The molecule has 2 heterocycles. The number of hydrogen-bond acceptors (Lipinski definition) is 6. The van der Waals surface area contributed by atoms with Crippen LogP contribution in [0, 0.1) is 5.92 Å². The van der Waals surface area contributed by atoms with Crippen molar-refractivity contribution in [3.8, 4) is 5.88 Å². The Hall–Kier alpha value is -1.65. The summed E-state index contributed by atoms with van der Waals surface area (Å²) >= 11 is 2.33. The summed E-state index contributed by atoms with van der Waals surface area (Å²) in [7, 11) is 0. The van der Waals surface area contributed by atoms with Crippen LogP contribution in [0.1, 0.15) is 53.4 Å². The molecule has 154 valence electrons. The molecule has 0 aromatic carbocycles. The van der Waals surface area contributed by atoms with E-state index in [1.165, 1.54) is 19.2 Å². The van der Waals surface area contributed by atoms with E-state index in [9.17, 15) is 4.79 Å². The van der Waals surface area contributed by atoms with Gasteiger partial charge in [-0.25, -0.2) is 4.79 Å². The number of rotatable bonds is 6. The summed E-state index contributed by atoms with van der Waals surface area (Å²) in [6, 6.07) is 1.78. The molecule has 1 amide bonds. The molecule has 1 aliphatic carbocycles. The Kier molecular flexibility index (Phi) is 6.61. The molecule has 1 atom stereocenters. The van der Waals surface area contributed by atoms with Gasteiger partial charge in [0.2, 0.25) is 11.5 Å². The molecule has 0 spiro atoms. The Labute approximate surface area is 179 Å². The van der Waals surface area contributed by atoms with Crippen LogP contribution in [0.2, 0.25) is 0 Å². The second-order valence-electron chi connectivity index (χ2n) is 8.34. The first-order chi connectivity index (χ1) is 13.3. The molecule has 9 heteroatoms. The Balaban J connectivity index is 1.98. The first kappa shape index (κ1) is 21.1. The smallest absolute Gasteiger partial charge is 0.414 e. The molecule has 8 nitrogen and oxygen atoms in total. The van der Waals surface area contributed by atoms with Crippen LogP contribution in [0.25, 0.3) is 5.65 Å². The maximum Gasteiger partial charge on any atom is 0.414 e. The zero-order valence-corrected chi connectivity index (χ0v) is 19.0. The Morgan fingerprint density at radius 2 is 2.11 bits per heavy atom. The topological polar surface area (TPSA) is 81.9 Å². The lowest BCUT2D eigenvalue weighted by Crippen LogP contribution is -2.40. The monoisotopic (exact) mass is 501 g/mol. The molecule has 28 heavy (non-hydrogen) atoms. The highest BCUT2D eigenvalue weighted by atomic mass is 127. The van der Waals surface area contributed by atoms with Crippen molar-refractivity contribution >= 4 is 40.0 Å². The largest absolute Gasteiger partial charge is 0.473 e. The Morgan fingerprint density at radius 1 is 1.39 bits per heavy atom. The third kappa shape index (κ3) is 5.24. The van der Waals surface area contributed by atoms with E-state index >= 15 is 0 Å². The molecular formula is C19H28IN5O3. The summed E-state index contributed by atoms with van der Waals surface area (Å²) in [4.78, 5) is 14.6. The molecule has 2 aromatic heterocycles. The van der Waals surface area contributed by atoms with Crippen LogP contribution in [0.3, 0.4) is 0 Å². The summed E-state index contributed by atoms with van der Waals surface area (Å²) in [5.74, 6) is 0.758. The second-order valence-corrected chi connectivity index (χ2v) is 9.22. The van der Waals surface area contributed by atoms with Crippen molar-refractivity contribution in [3.63, 3.8) is 0 Å². The summed E-state index contributed by atoms with van der Waals surface area (Å²) in [6.07, 6.45) is 5.67. The molecule has 0 N–H and O–H groups in total. The van der Waals surface area contributed by atoms with E-state index in [0.29, 0.717) is 23.8 Å². The van der Waals surface area contributed by atoms with Crippen LogP contribution in [-0.2, 0) is 4.74 Å². The zero-order valence-electron chi connectivity index (χ0n) is 16.9. The normalized spacial score (nSPS) is 16.3. The number of fused-ring (bicyclic) bond motifs is 1. The van der Waals surface area contributed by atoms with Gasteiger partial charge in [-0.05, 0) is 52.4 Å². The molecule has 2 aromatic rings. The third-order valence-corrected chi connectivity index (χ3v) is 5.98. The number of anilines is 1. The number of halogens is 1. The number of carbonyl (C=O) groups is 1. The van der Waals surface area contributed by atoms with Gasteiger partial charge >= 0.3 is 6.09 Å². The van der Waals surface area contributed by atoms with Crippen molar-refractivity contribution in [2.75, 3.05) is 15.9 Å². The van der Waals surface area contributed by atoms with Gasteiger partial charge < -0.3 is 9.47 Å². The molecule has 1 fully saturated rings. The number of hydrogen-bond donors (Lipinski definition) is 0. The highest BCUT2D eigenvalue weighted by Crippen LogP contribution is 2.29. The molecule has 1 aliphatic rings. The average molecular weight is 501 g/mol. The third-order valence-electron chi connectivity index (χ3n) is 4.48. The van der Waals surface area contributed by atoms with Crippen molar-refractivity contribution in [1.29, 1.82) is 0 Å². The van der Waals surface area contributed by atoms with Crippen LogP contribution in [0.4, 0.5) is 10.5 Å². The fraction of sp³-hybridized carbons (Fsp3) is 0.684. The average Bonchev–Trinajstić information content (AvgIpc) is 3.28. The number of amides is 1. The van der Waals surface area contributed by atoms with Gasteiger partial charge in [-0.1, -0.05) is 29.5 Å². The van der Waals surface area contributed by atoms with Crippen molar-refractivity contribution in [2.24, 2.45) is 5.92 Å². The van der Waals surface area contributed by atoms with Gasteiger partial charge in [0.25, 0.3) is 0 Å². The molecule has 3 rings (SSSR count). The molecule has 0 aliphatic heterocycles. The molecule has 0 radical (unpaired) electrons. The van der Waals surface area contributed by atoms with Crippen LogP contribution in [0.5, 0.6) is 5.88 Å². The van der Waals surface area contributed by atoms with Gasteiger partial charge in [0.15, 0.2) is 0 Å². The van der Waals surface area contributed by atoms with Crippen molar-refractivity contribution in [3.05, 3.63) is 12.4 Å². The molecule has 0 bridgehead atoms. The van der Waals surface area contributed by atoms with Gasteiger partial charge in [-0.15, -0.1) is 15.3 Å². The zero-order chi connectivity index (χ0) is 20.3. The van der Waals surface area contributed by atoms with Crippen LogP contribution in [-0.4, -0.2) is 48.6 Å². The molecule has 1 saturated carbocycles. The SMILES string of the molecule is CC(CI)CN(C(=O)OC(C)(C)C)c1cc(OC2CCCC2)nn2cnnc12. The van der Waals surface area contributed by atoms with Gasteiger partial charge in [-0.2, -0.15) is 4.52 Å². The number of ether oxygens (including phenoxy) is 2. The quantitative estimate of drug-likeness (QED) is 0.435. The lowest BCUT2D eigenvalue weighted by atomic mass is 10.2. The van der Waals surface area contributed by atoms with Crippen molar-refractivity contribution < 1.29 is 14.3 Å². The van der Waals surface area contributed by atoms with E-state index in [0.717, 1.165) is 17.3 Å². The van der Waals surface area contributed by atoms with E-state index in [2.05, 4.69) is 44.8 Å². The van der Waals surface area contributed by atoms with Crippen molar-refractivity contribution in [1.82, 2.24) is 19.8 Å². The fourth-order valence-corrected chi connectivity index (χ4v) is 3.45. The molecular weight excluding hydrogens is 473 g/mol. The Morgan fingerprint density at radius 3 is 2.75 bits per heavy atom. The minimum absolute atomic E-state index is 0.164. The first-order valence-corrected chi connectivity index (χ1v) is 11.2. The lowest BCUT2D eigenvalue weighted by molar-refractivity contribution is 0.0576. The minimum atomic E-state index is -0.594. The maximum absolute atomic E-state index is 13.0. The second kappa shape index (κ2) is 8.79. The van der Waals surface area contributed by atoms with E-state index < -0.39 is 11.7 Å². The van der Waals surface area contributed by atoms with E-state index in [-0.39, 0.29) is 12.0 Å². The summed E-state index contributed by atoms with van der Waals surface area (Å²) in [5, 5.41) is 12.6. The number of aromatic nitrogens is 4. The minimum Gasteiger partial charge on any atom is -0.473 e. The van der Waals surface area contributed by atoms with Gasteiger partial charge in [0.05, 0.1) is 5.69 Å². The number of carbonyl (C=O) groups excluding carboxylic acids is 1. The van der Waals surface area contributed by atoms with Gasteiger partial charge in [0.1, 0.15) is 18.0 Å². The van der Waals surface area contributed by atoms with Crippen LogP contribution < -0.4 is 9.64 Å². The summed E-state index contributed by atoms with van der Waals surface area (Å²) in [5.41, 5.74) is 0.514. The maximum atomic E-state index is 13.0. The first-order valence-electron chi connectivity index (χ1n) is 9.71. The summed E-state index contributed by atoms with van der Waals surface area (Å²) in [6.45, 7) is 8.19. The van der Waals surface area contributed by atoms with Crippen molar-refractivity contribution in [2.45, 2.75) is 65.1 Å². The number of alkyl halides is 1. The number of nitrogens with zero attached hydrogens (tertiary/aromatic N) is 5. The highest BCUT2D eigenvalue weighted by molar-refractivity contribution is 14.1. The van der Waals surface area contributed by atoms with Crippen LogP contribution in [0.15, 0.2) is 12.4 Å². The summed E-state index contributed by atoms with van der Waals surface area (Å²) < 4.78 is 14.2. The van der Waals surface area contributed by atoms with E-state index in [4.69, 9.17) is 9.47 Å². The fourth-order valence-electron chi connectivity index (χ4n) is 3.17. The highest BCUT2D eigenvalue weighted by Gasteiger charge is 2.28. The molecule has 1 unspecified atom stereocenters. The predicted molar refractivity (Wildman–Crippen MR) is 115 cm³/mol.